The lowest BCUT2D eigenvalue weighted by molar-refractivity contribution is -0.908. The van der Waals surface area contributed by atoms with Gasteiger partial charge < -0.3 is 9.64 Å². The molecule has 3 nitrogen and oxygen atoms in total. The molecule has 1 aliphatic rings. The number of nitrogens with one attached hydrogen (secondary N) is 1. The van der Waals surface area contributed by atoms with Gasteiger partial charge in [-0.15, -0.1) is 0 Å². The number of hydrogen-bond acceptors (Lipinski definition) is 2. The van der Waals surface area contributed by atoms with Gasteiger partial charge in [0.15, 0.2) is 5.78 Å². The Hall–Kier alpha value is -1.35. The molecule has 0 spiro atoms. The van der Waals surface area contributed by atoms with E-state index in [2.05, 4.69) is 6.92 Å². The Balaban J connectivity index is 1.70. The van der Waals surface area contributed by atoms with Gasteiger partial charge in [0.2, 0.25) is 0 Å². The van der Waals surface area contributed by atoms with Crippen molar-refractivity contribution >= 4 is 5.78 Å². The lowest BCUT2D eigenvalue weighted by Crippen LogP contribution is -3.13. The van der Waals surface area contributed by atoms with Gasteiger partial charge in [0, 0.05) is 17.9 Å². The number of benzene rings is 1. The fourth-order valence-corrected chi connectivity index (χ4v) is 2.94. The van der Waals surface area contributed by atoms with Crippen molar-refractivity contribution in [1.29, 1.82) is 0 Å². The summed E-state index contributed by atoms with van der Waals surface area (Å²) in [6, 6.07) is 7.46. The van der Waals surface area contributed by atoms with Crippen LogP contribution in [-0.2, 0) is 0 Å². The molecule has 3 heteroatoms. The normalized spacial score (nSPS) is 22.5. The van der Waals surface area contributed by atoms with Crippen LogP contribution >= 0.6 is 0 Å². The van der Waals surface area contributed by atoms with E-state index in [9.17, 15) is 4.79 Å². The van der Waals surface area contributed by atoms with E-state index < -0.39 is 0 Å². The number of ether oxygens (including phenoxy) is 1. The second-order valence-corrected chi connectivity index (χ2v) is 5.99. The van der Waals surface area contributed by atoms with Crippen LogP contribution in [0, 0.1) is 5.92 Å². The van der Waals surface area contributed by atoms with E-state index in [1.165, 1.54) is 32.5 Å². The highest BCUT2D eigenvalue weighted by atomic mass is 16.5. The molecule has 1 unspecified atom stereocenters. The van der Waals surface area contributed by atoms with Crippen LogP contribution in [-0.4, -0.2) is 32.0 Å². The molecular formula is C17H26NO2+. The van der Waals surface area contributed by atoms with Crippen molar-refractivity contribution in [2.75, 3.05) is 26.2 Å². The van der Waals surface area contributed by atoms with Crippen LogP contribution in [0.25, 0.3) is 0 Å². The number of carbonyl (C=O) groups is 1. The second-order valence-electron chi connectivity index (χ2n) is 5.99. The van der Waals surface area contributed by atoms with Gasteiger partial charge in [0.05, 0.1) is 26.2 Å². The predicted molar refractivity (Wildman–Crippen MR) is 80.5 cm³/mol. The molecule has 1 N–H and O–H groups in total. The minimum absolute atomic E-state index is 0.0854. The molecule has 0 bridgehead atoms. The van der Waals surface area contributed by atoms with Crippen molar-refractivity contribution < 1.29 is 14.4 Å². The van der Waals surface area contributed by atoms with Crippen molar-refractivity contribution in [3.63, 3.8) is 0 Å². The third kappa shape index (κ3) is 4.64. The molecule has 2 atom stereocenters. The highest BCUT2D eigenvalue weighted by molar-refractivity contribution is 5.94. The molecule has 0 saturated carbocycles. The van der Waals surface area contributed by atoms with Gasteiger partial charge in [0.25, 0.3) is 0 Å². The van der Waals surface area contributed by atoms with E-state index in [0.29, 0.717) is 0 Å². The lowest BCUT2D eigenvalue weighted by atomic mass is 10.0. The summed E-state index contributed by atoms with van der Waals surface area (Å²) in [6.45, 7) is 8.48. The molecule has 1 aliphatic heterocycles. The van der Waals surface area contributed by atoms with Crippen LogP contribution in [0.4, 0.5) is 0 Å². The van der Waals surface area contributed by atoms with E-state index in [0.717, 1.165) is 30.3 Å². The van der Waals surface area contributed by atoms with Gasteiger partial charge in [-0.1, -0.05) is 19.1 Å². The number of quaternary nitrogens is 1. The number of piperidine rings is 1. The standard InChI is InChI=1S/C17H25NO2/c1-14-6-4-9-18(13-14)10-5-11-20-17-8-3-7-16(12-17)15(2)19/h3,7-8,12,14H,4-6,9-11,13H2,1-2H3/p+1/t14-/m1/s1. The third-order valence-electron chi connectivity index (χ3n) is 4.05. The average molecular weight is 276 g/mol. The SMILES string of the molecule is CC(=O)c1cccc(OCCC[NH+]2CCC[C@@H](C)C2)c1. The number of likely N-dealkylation sites (tertiary alicyclic amines) is 1. The number of Topliss-reactive ketones (excluding diaryl/α,β-unsaturated/α-hetero) is 1. The fraction of sp³-hybridized carbons (Fsp3) is 0.588. The van der Waals surface area contributed by atoms with Gasteiger partial charge in [-0.25, -0.2) is 0 Å². The van der Waals surface area contributed by atoms with E-state index in [-0.39, 0.29) is 5.78 Å². The lowest BCUT2D eigenvalue weighted by Gasteiger charge is -2.27. The molecule has 0 amide bonds. The smallest absolute Gasteiger partial charge is 0.159 e. The Bertz CT molecular complexity index is 444. The Morgan fingerprint density at radius 2 is 2.30 bits per heavy atom. The summed E-state index contributed by atoms with van der Waals surface area (Å²) in [5.74, 6) is 1.76. The first kappa shape index (κ1) is 15.0. The second kappa shape index (κ2) is 7.44. The molecule has 1 aromatic rings. The summed E-state index contributed by atoms with van der Waals surface area (Å²) in [6.07, 6.45) is 3.82. The zero-order valence-corrected chi connectivity index (χ0v) is 12.7. The Morgan fingerprint density at radius 1 is 1.45 bits per heavy atom. The average Bonchev–Trinajstić information content (AvgIpc) is 2.44. The summed E-state index contributed by atoms with van der Waals surface area (Å²) >= 11 is 0. The maximum Gasteiger partial charge on any atom is 0.159 e. The molecule has 110 valence electrons. The molecule has 1 heterocycles. The molecule has 2 rings (SSSR count). The number of carbonyl (C=O) groups excluding carboxylic acids is 1. The van der Waals surface area contributed by atoms with Gasteiger partial charge in [-0.05, 0) is 31.9 Å². The molecular weight excluding hydrogens is 250 g/mol. The first-order valence-corrected chi connectivity index (χ1v) is 7.72. The van der Waals surface area contributed by atoms with Crippen LogP contribution in [0.3, 0.4) is 0 Å². The van der Waals surface area contributed by atoms with E-state index in [4.69, 9.17) is 4.74 Å². The van der Waals surface area contributed by atoms with Crippen molar-refractivity contribution in [3.05, 3.63) is 29.8 Å². The highest BCUT2D eigenvalue weighted by Gasteiger charge is 2.18. The zero-order chi connectivity index (χ0) is 14.4. The van der Waals surface area contributed by atoms with Crippen molar-refractivity contribution in [3.8, 4) is 5.75 Å². The van der Waals surface area contributed by atoms with Gasteiger partial charge in [-0.3, -0.25) is 4.79 Å². The van der Waals surface area contributed by atoms with Gasteiger partial charge >= 0.3 is 0 Å². The van der Waals surface area contributed by atoms with Crippen LogP contribution in [0.2, 0.25) is 0 Å². The Kier molecular flexibility index (Phi) is 5.60. The van der Waals surface area contributed by atoms with Crippen LogP contribution in [0.1, 0.15) is 43.5 Å². The summed E-state index contributed by atoms with van der Waals surface area (Å²) < 4.78 is 5.75. The summed E-state index contributed by atoms with van der Waals surface area (Å²) in [5, 5.41) is 0. The first-order chi connectivity index (χ1) is 9.65. The molecule has 0 aliphatic carbocycles. The maximum atomic E-state index is 11.3. The zero-order valence-electron chi connectivity index (χ0n) is 12.7. The summed E-state index contributed by atoms with van der Waals surface area (Å²) in [5.41, 5.74) is 0.720. The maximum absolute atomic E-state index is 11.3. The number of ketones is 1. The van der Waals surface area contributed by atoms with Crippen LogP contribution in [0.5, 0.6) is 5.75 Å². The van der Waals surface area contributed by atoms with E-state index in [1.807, 2.05) is 24.3 Å². The largest absolute Gasteiger partial charge is 0.493 e. The van der Waals surface area contributed by atoms with Crippen molar-refractivity contribution in [2.24, 2.45) is 5.92 Å². The Labute approximate surface area is 121 Å². The van der Waals surface area contributed by atoms with Gasteiger partial charge in [0.1, 0.15) is 5.75 Å². The number of rotatable bonds is 6. The number of hydrogen-bond donors (Lipinski definition) is 1. The topological polar surface area (TPSA) is 30.7 Å². The predicted octanol–water partition coefficient (Wildman–Crippen LogP) is 1.97. The molecule has 0 aromatic heterocycles. The fourth-order valence-electron chi connectivity index (χ4n) is 2.94. The van der Waals surface area contributed by atoms with Crippen LogP contribution in [0.15, 0.2) is 24.3 Å². The quantitative estimate of drug-likeness (QED) is 0.636. The minimum atomic E-state index is 0.0854. The first-order valence-electron chi connectivity index (χ1n) is 7.72. The van der Waals surface area contributed by atoms with E-state index >= 15 is 0 Å². The minimum Gasteiger partial charge on any atom is -0.493 e. The van der Waals surface area contributed by atoms with Crippen molar-refractivity contribution in [1.82, 2.24) is 0 Å². The van der Waals surface area contributed by atoms with Crippen molar-refractivity contribution in [2.45, 2.75) is 33.1 Å². The summed E-state index contributed by atoms with van der Waals surface area (Å²) in [4.78, 5) is 13.0. The van der Waals surface area contributed by atoms with Crippen LogP contribution < -0.4 is 9.64 Å². The van der Waals surface area contributed by atoms with E-state index in [1.54, 1.807) is 11.8 Å². The molecule has 0 radical (unpaired) electrons. The molecule has 20 heavy (non-hydrogen) atoms. The monoisotopic (exact) mass is 276 g/mol. The third-order valence-corrected chi connectivity index (χ3v) is 4.05. The summed E-state index contributed by atoms with van der Waals surface area (Å²) in [7, 11) is 0. The van der Waals surface area contributed by atoms with Gasteiger partial charge in [-0.2, -0.15) is 0 Å². The molecule has 1 aromatic carbocycles. The highest BCUT2D eigenvalue weighted by Crippen LogP contribution is 2.13. The Morgan fingerprint density at radius 3 is 3.05 bits per heavy atom. The molecule has 1 fully saturated rings. The molecule has 1 saturated heterocycles.